The number of allylic oxidation sites excluding steroid dienone is 4. The highest BCUT2D eigenvalue weighted by Gasteiger charge is 1.79. The third kappa shape index (κ3) is 11.1. The molecular formula is C12H20O. The predicted octanol–water partition coefficient (Wildman–Crippen LogP) is 3.66. The second-order valence-corrected chi connectivity index (χ2v) is 3.05. The summed E-state index contributed by atoms with van der Waals surface area (Å²) in [6.45, 7) is 2.18. The van der Waals surface area contributed by atoms with Gasteiger partial charge in [0.15, 0.2) is 0 Å². The highest BCUT2D eigenvalue weighted by Crippen LogP contribution is 1.97. The van der Waals surface area contributed by atoms with Gasteiger partial charge in [-0.05, 0) is 25.7 Å². The van der Waals surface area contributed by atoms with Crippen molar-refractivity contribution < 1.29 is 4.79 Å². The molecule has 0 aliphatic carbocycles. The maximum atomic E-state index is 9.97. The van der Waals surface area contributed by atoms with E-state index in [1.807, 2.05) is 0 Å². The second-order valence-electron chi connectivity index (χ2n) is 3.05. The summed E-state index contributed by atoms with van der Waals surface area (Å²) in [5.41, 5.74) is 0. The van der Waals surface area contributed by atoms with Crippen LogP contribution >= 0.6 is 0 Å². The molecular weight excluding hydrogens is 160 g/mol. The van der Waals surface area contributed by atoms with Gasteiger partial charge in [0.05, 0.1) is 0 Å². The van der Waals surface area contributed by atoms with E-state index in [1.165, 1.54) is 12.8 Å². The summed E-state index contributed by atoms with van der Waals surface area (Å²) in [6, 6.07) is 0. The molecule has 0 aromatic heterocycles. The largest absolute Gasteiger partial charge is 0.303 e. The maximum Gasteiger partial charge on any atom is 0.120 e. The molecule has 0 aromatic carbocycles. The molecule has 1 nitrogen and oxygen atoms in total. The summed E-state index contributed by atoms with van der Waals surface area (Å²) in [6.07, 6.45) is 15.8. The average molecular weight is 180 g/mol. The van der Waals surface area contributed by atoms with Crippen molar-refractivity contribution in [2.45, 2.75) is 45.4 Å². The third-order valence-corrected chi connectivity index (χ3v) is 1.74. The topological polar surface area (TPSA) is 17.1 Å². The van der Waals surface area contributed by atoms with E-state index in [1.54, 1.807) is 0 Å². The smallest absolute Gasteiger partial charge is 0.120 e. The van der Waals surface area contributed by atoms with Gasteiger partial charge in [0.25, 0.3) is 0 Å². The average Bonchev–Trinajstić information content (AvgIpc) is 2.16. The van der Waals surface area contributed by atoms with E-state index >= 15 is 0 Å². The van der Waals surface area contributed by atoms with Crippen molar-refractivity contribution in [1.29, 1.82) is 0 Å². The van der Waals surface area contributed by atoms with Gasteiger partial charge in [-0.1, -0.05) is 37.6 Å². The Morgan fingerprint density at radius 2 is 1.23 bits per heavy atom. The van der Waals surface area contributed by atoms with Crippen molar-refractivity contribution in [3.8, 4) is 0 Å². The molecule has 0 radical (unpaired) electrons. The Bertz CT molecular complexity index is 157. The highest BCUT2D eigenvalue weighted by atomic mass is 16.1. The Kier molecular flexibility index (Phi) is 10.4. The van der Waals surface area contributed by atoms with Crippen LogP contribution in [-0.2, 0) is 4.79 Å². The molecule has 13 heavy (non-hydrogen) atoms. The molecule has 0 saturated heterocycles. The van der Waals surface area contributed by atoms with Crippen LogP contribution in [0.3, 0.4) is 0 Å². The van der Waals surface area contributed by atoms with E-state index < -0.39 is 0 Å². The molecule has 0 N–H and O–H groups in total. The molecule has 0 aromatic rings. The first kappa shape index (κ1) is 12.2. The molecule has 0 bridgehead atoms. The van der Waals surface area contributed by atoms with Crippen molar-refractivity contribution in [3.05, 3.63) is 24.3 Å². The fourth-order valence-electron chi connectivity index (χ4n) is 0.995. The van der Waals surface area contributed by atoms with Gasteiger partial charge < -0.3 is 4.79 Å². The maximum absolute atomic E-state index is 9.97. The summed E-state index contributed by atoms with van der Waals surface area (Å²) in [5, 5.41) is 0. The molecule has 0 rings (SSSR count). The number of unbranched alkanes of at least 4 members (excludes halogenated alkanes) is 3. The molecule has 0 unspecified atom stereocenters. The van der Waals surface area contributed by atoms with Gasteiger partial charge in [-0.15, -0.1) is 0 Å². The summed E-state index contributed by atoms with van der Waals surface area (Å²) in [5.74, 6) is 0. The lowest BCUT2D eigenvalue weighted by Crippen LogP contribution is -1.71. The highest BCUT2D eigenvalue weighted by molar-refractivity contribution is 5.49. The zero-order valence-electron chi connectivity index (χ0n) is 8.54. The Hall–Kier alpha value is -0.850. The SMILES string of the molecule is CCCC=CCCC=CCCC=O. The predicted molar refractivity (Wildman–Crippen MR) is 57.7 cm³/mol. The summed E-state index contributed by atoms with van der Waals surface area (Å²) >= 11 is 0. The van der Waals surface area contributed by atoms with Crippen LogP contribution in [0.25, 0.3) is 0 Å². The van der Waals surface area contributed by atoms with E-state index in [9.17, 15) is 4.79 Å². The molecule has 0 amide bonds. The van der Waals surface area contributed by atoms with Gasteiger partial charge in [-0.25, -0.2) is 0 Å². The molecule has 0 aliphatic heterocycles. The minimum absolute atomic E-state index is 0.655. The molecule has 74 valence electrons. The minimum Gasteiger partial charge on any atom is -0.303 e. The van der Waals surface area contributed by atoms with Crippen LogP contribution in [0, 0.1) is 0 Å². The quantitative estimate of drug-likeness (QED) is 0.316. The van der Waals surface area contributed by atoms with Crippen LogP contribution in [0.1, 0.15) is 45.4 Å². The molecule has 0 atom stereocenters. The lowest BCUT2D eigenvalue weighted by molar-refractivity contribution is -0.107. The van der Waals surface area contributed by atoms with E-state index in [0.717, 1.165) is 25.5 Å². The summed E-state index contributed by atoms with van der Waals surface area (Å²) < 4.78 is 0. The molecule has 0 fully saturated rings. The van der Waals surface area contributed by atoms with E-state index in [-0.39, 0.29) is 0 Å². The van der Waals surface area contributed by atoms with E-state index in [2.05, 4.69) is 31.2 Å². The van der Waals surface area contributed by atoms with Gasteiger partial charge in [0.2, 0.25) is 0 Å². The summed E-state index contributed by atoms with van der Waals surface area (Å²) in [4.78, 5) is 9.97. The fourth-order valence-corrected chi connectivity index (χ4v) is 0.995. The number of hydrogen-bond donors (Lipinski definition) is 0. The third-order valence-electron chi connectivity index (χ3n) is 1.74. The summed E-state index contributed by atoms with van der Waals surface area (Å²) in [7, 11) is 0. The Labute approximate surface area is 81.5 Å². The lowest BCUT2D eigenvalue weighted by atomic mass is 10.2. The van der Waals surface area contributed by atoms with Gasteiger partial charge >= 0.3 is 0 Å². The molecule has 1 heteroatoms. The fraction of sp³-hybridized carbons (Fsp3) is 0.583. The van der Waals surface area contributed by atoms with Crippen molar-refractivity contribution in [3.63, 3.8) is 0 Å². The monoisotopic (exact) mass is 180 g/mol. The number of hydrogen-bond acceptors (Lipinski definition) is 1. The molecule has 0 heterocycles. The van der Waals surface area contributed by atoms with Gasteiger partial charge in [0.1, 0.15) is 6.29 Å². The Balaban J connectivity index is 3.14. The van der Waals surface area contributed by atoms with Crippen LogP contribution in [0.2, 0.25) is 0 Å². The van der Waals surface area contributed by atoms with Crippen LogP contribution in [-0.4, -0.2) is 6.29 Å². The lowest BCUT2D eigenvalue weighted by Gasteiger charge is -1.87. The van der Waals surface area contributed by atoms with Crippen molar-refractivity contribution in [1.82, 2.24) is 0 Å². The number of rotatable bonds is 8. The zero-order chi connectivity index (χ0) is 9.78. The first-order valence-electron chi connectivity index (χ1n) is 5.15. The van der Waals surface area contributed by atoms with Gasteiger partial charge in [0, 0.05) is 6.42 Å². The van der Waals surface area contributed by atoms with Crippen molar-refractivity contribution in [2.24, 2.45) is 0 Å². The standard InChI is InChI=1S/C12H20O/c1-2-3-4-5-6-7-8-9-10-11-12-13/h4-5,8-9,12H,2-3,6-7,10-11H2,1H3. The van der Waals surface area contributed by atoms with Crippen LogP contribution in [0.5, 0.6) is 0 Å². The van der Waals surface area contributed by atoms with Gasteiger partial charge in [-0.2, -0.15) is 0 Å². The van der Waals surface area contributed by atoms with Crippen molar-refractivity contribution >= 4 is 6.29 Å². The number of carbonyl (C=O) groups excluding carboxylic acids is 1. The van der Waals surface area contributed by atoms with Crippen LogP contribution < -0.4 is 0 Å². The van der Waals surface area contributed by atoms with Gasteiger partial charge in [-0.3, -0.25) is 0 Å². The number of carbonyl (C=O) groups is 1. The second kappa shape index (κ2) is 11.2. The normalized spacial score (nSPS) is 11.5. The first-order valence-corrected chi connectivity index (χ1v) is 5.15. The van der Waals surface area contributed by atoms with E-state index in [4.69, 9.17) is 0 Å². The molecule has 0 spiro atoms. The Morgan fingerprint density at radius 3 is 1.69 bits per heavy atom. The molecule has 0 aliphatic rings. The number of aldehydes is 1. The first-order chi connectivity index (χ1) is 6.41. The van der Waals surface area contributed by atoms with Crippen LogP contribution in [0.15, 0.2) is 24.3 Å². The zero-order valence-corrected chi connectivity index (χ0v) is 8.54. The molecule has 0 saturated carbocycles. The van der Waals surface area contributed by atoms with E-state index in [0.29, 0.717) is 6.42 Å². The minimum atomic E-state index is 0.655. The van der Waals surface area contributed by atoms with Crippen molar-refractivity contribution in [2.75, 3.05) is 0 Å². The Morgan fingerprint density at radius 1 is 0.769 bits per heavy atom. The van der Waals surface area contributed by atoms with Crippen LogP contribution in [0.4, 0.5) is 0 Å².